The van der Waals surface area contributed by atoms with Crippen molar-refractivity contribution < 1.29 is 19.2 Å². The predicted molar refractivity (Wildman–Crippen MR) is 116 cm³/mol. The number of hydrogen-bond donors (Lipinski definition) is 2. The summed E-state index contributed by atoms with van der Waals surface area (Å²) >= 11 is 0. The van der Waals surface area contributed by atoms with Crippen LogP contribution < -0.4 is 10.6 Å². The van der Waals surface area contributed by atoms with Crippen LogP contribution in [0.3, 0.4) is 0 Å². The van der Waals surface area contributed by atoms with Gasteiger partial charge in [-0.05, 0) is 30.9 Å². The number of carbonyl (C=O) groups is 4. The third kappa shape index (κ3) is 3.83. The average Bonchev–Trinajstić information content (AvgIpc) is 3.01. The van der Waals surface area contributed by atoms with Crippen molar-refractivity contribution in [2.24, 2.45) is 5.92 Å². The molecule has 2 fully saturated rings. The highest BCUT2D eigenvalue weighted by Gasteiger charge is 2.55. The molecule has 2 aliphatic rings. The molecule has 0 unspecified atom stereocenters. The monoisotopic (exact) mass is 419 g/mol. The molecule has 1 saturated carbocycles. The number of urea groups is 1. The van der Waals surface area contributed by atoms with Crippen molar-refractivity contribution in [1.29, 1.82) is 0 Å². The third-order valence-corrected chi connectivity index (χ3v) is 6.28. The van der Waals surface area contributed by atoms with Gasteiger partial charge >= 0.3 is 6.03 Å². The summed E-state index contributed by atoms with van der Waals surface area (Å²) in [5.41, 5.74) is 0.286. The number of imide groups is 1. The number of para-hydroxylation sites is 1. The maximum atomic E-state index is 13.1. The maximum Gasteiger partial charge on any atom is 0.325 e. The Morgan fingerprint density at radius 2 is 1.77 bits per heavy atom. The minimum Gasteiger partial charge on any atom is -0.324 e. The topological polar surface area (TPSA) is 95.6 Å². The van der Waals surface area contributed by atoms with Gasteiger partial charge in [0.25, 0.3) is 5.91 Å². The summed E-state index contributed by atoms with van der Waals surface area (Å²) in [5, 5.41) is 5.54. The van der Waals surface area contributed by atoms with Gasteiger partial charge in [-0.3, -0.25) is 19.3 Å². The van der Waals surface area contributed by atoms with Crippen molar-refractivity contribution in [3.05, 3.63) is 65.7 Å². The fourth-order valence-electron chi connectivity index (χ4n) is 4.51. The Hall–Kier alpha value is -3.48. The molecule has 7 heteroatoms. The lowest BCUT2D eigenvalue weighted by Crippen LogP contribution is -2.54. The Balaban J connectivity index is 1.49. The van der Waals surface area contributed by atoms with Crippen LogP contribution in [0.5, 0.6) is 0 Å². The second kappa shape index (κ2) is 8.34. The summed E-state index contributed by atoms with van der Waals surface area (Å²) in [6.07, 6.45) is 3.34. The SMILES string of the molecule is C[C@@H]1CCCC[C@]12NC(=O)N(CC(=O)Nc1ccccc1C(=O)c1ccccc1)C2=O. The quantitative estimate of drug-likeness (QED) is 0.574. The molecule has 0 aromatic heterocycles. The van der Waals surface area contributed by atoms with E-state index >= 15 is 0 Å². The van der Waals surface area contributed by atoms with Crippen molar-refractivity contribution >= 4 is 29.3 Å². The zero-order chi connectivity index (χ0) is 22.0. The molecule has 2 aromatic carbocycles. The molecule has 1 aliphatic heterocycles. The average molecular weight is 419 g/mol. The molecule has 0 bridgehead atoms. The Morgan fingerprint density at radius 3 is 2.52 bits per heavy atom. The third-order valence-electron chi connectivity index (χ3n) is 6.28. The van der Waals surface area contributed by atoms with Gasteiger partial charge in [-0.15, -0.1) is 0 Å². The fourth-order valence-corrected chi connectivity index (χ4v) is 4.51. The van der Waals surface area contributed by atoms with Gasteiger partial charge in [-0.25, -0.2) is 4.79 Å². The highest BCUT2D eigenvalue weighted by Crippen LogP contribution is 2.38. The number of anilines is 1. The molecule has 1 spiro atoms. The molecule has 4 rings (SSSR count). The van der Waals surface area contributed by atoms with E-state index in [1.165, 1.54) is 0 Å². The highest BCUT2D eigenvalue weighted by atomic mass is 16.2. The lowest BCUT2D eigenvalue weighted by atomic mass is 9.73. The van der Waals surface area contributed by atoms with Gasteiger partial charge in [0.05, 0.1) is 5.69 Å². The van der Waals surface area contributed by atoms with Crippen molar-refractivity contribution in [3.8, 4) is 0 Å². The van der Waals surface area contributed by atoms with E-state index in [1.54, 1.807) is 48.5 Å². The number of nitrogens with zero attached hydrogens (tertiary/aromatic N) is 1. The van der Waals surface area contributed by atoms with Crippen LogP contribution in [0.15, 0.2) is 54.6 Å². The van der Waals surface area contributed by atoms with Crippen LogP contribution in [0.1, 0.15) is 48.5 Å². The largest absolute Gasteiger partial charge is 0.325 e. The smallest absolute Gasteiger partial charge is 0.324 e. The number of ketones is 1. The van der Waals surface area contributed by atoms with E-state index < -0.39 is 24.0 Å². The van der Waals surface area contributed by atoms with Crippen molar-refractivity contribution in [3.63, 3.8) is 0 Å². The number of benzene rings is 2. The number of rotatable bonds is 5. The molecular weight excluding hydrogens is 394 g/mol. The Labute approximate surface area is 180 Å². The van der Waals surface area contributed by atoms with E-state index in [-0.39, 0.29) is 17.6 Å². The molecule has 1 saturated heterocycles. The van der Waals surface area contributed by atoms with Crippen LogP contribution in [0.25, 0.3) is 0 Å². The second-order valence-electron chi connectivity index (χ2n) is 8.23. The standard InChI is InChI=1S/C24H25N3O4/c1-16-9-7-8-14-24(16)22(30)27(23(31)26-24)15-20(28)25-19-13-6-5-12-18(19)21(29)17-10-3-2-4-11-17/h2-6,10-13,16H,7-9,14-15H2,1H3,(H,25,28)(H,26,31)/t16-,24+/m1/s1. The van der Waals surface area contributed by atoms with Crippen molar-refractivity contribution in [1.82, 2.24) is 10.2 Å². The van der Waals surface area contributed by atoms with Gasteiger partial charge in [0.1, 0.15) is 12.1 Å². The molecule has 4 amide bonds. The molecule has 160 valence electrons. The number of amides is 4. The Kier molecular flexibility index (Phi) is 5.59. The van der Waals surface area contributed by atoms with Gasteiger partial charge in [0.15, 0.2) is 5.78 Å². The summed E-state index contributed by atoms with van der Waals surface area (Å²) in [7, 11) is 0. The Bertz CT molecular complexity index is 1040. The fraction of sp³-hybridized carbons (Fsp3) is 0.333. The zero-order valence-electron chi connectivity index (χ0n) is 17.4. The van der Waals surface area contributed by atoms with Gasteiger partial charge in [0.2, 0.25) is 5.91 Å². The molecule has 2 aromatic rings. The maximum absolute atomic E-state index is 13.1. The van der Waals surface area contributed by atoms with Crippen LogP contribution in [0, 0.1) is 5.92 Å². The highest BCUT2D eigenvalue weighted by molar-refractivity contribution is 6.15. The van der Waals surface area contributed by atoms with Crippen LogP contribution in [-0.2, 0) is 9.59 Å². The molecule has 1 heterocycles. The second-order valence-corrected chi connectivity index (χ2v) is 8.23. The molecule has 1 aliphatic carbocycles. The summed E-state index contributed by atoms with van der Waals surface area (Å²) in [5.74, 6) is -1.07. The van der Waals surface area contributed by atoms with E-state index in [4.69, 9.17) is 0 Å². The van der Waals surface area contributed by atoms with Crippen molar-refractivity contribution in [2.45, 2.75) is 38.1 Å². The van der Waals surface area contributed by atoms with Crippen LogP contribution in [0.4, 0.5) is 10.5 Å². The van der Waals surface area contributed by atoms with Gasteiger partial charge in [0, 0.05) is 11.1 Å². The minimum absolute atomic E-state index is 0.0231. The van der Waals surface area contributed by atoms with Crippen LogP contribution in [-0.4, -0.2) is 40.6 Å². The van der Waals surface area contributed by atoms with Gasteiger partial charge in [-0.2, -0.15) is 0 Å². The normalized spacial score (nSPS) is 23.0. The summed E-state index contributed by atoms with van der Waals surface area (Å²) < 4.78 is 0. The van der Waals surface area contributed by atoms with Crippen LogP contribution in [0.2, 0.25) is 0 Å². The molecule has 2 N–H and O–H groups in total. The molecule has 7 nitrogen and oxygen atoms in total. The molecule has 0 radical (unpaired) electrons. The van der Waals surface area contributed by atoms with Crippen LogP contribution >= 0.6 is 0 Å². The first-order chi connectivity index (χ1) is 14.9. The molecular formula is C24H25N3O4. The number of hydrogen-bond acceptors (Lipinski definition) is 4. The van der Waals surface area contributed by atoms with E-state index in [9.17, 15) is 19.2 Å². The van der Waals surface area contributed by atoms with E-state index in [1.807, 2.05) is 13.0 Å². The lowest BCUT2D eigenvalue weighted by Gasteiger charge is -2.36. The predicted octanol–water partition coefficient (Wildman–Crippen LogP) is 3.36. The molecule has 31 heavy (non-hydrogen) atoms. The van der Waals surface area contributed by atoms with Crippen molar-refractivity contribution in [2.75, 3.05) is 11.9 Å². The Morgan fingerprint density at radius 1 is 1.06 bits per heavy atom. The summed E-state index contributed by atoms with van der Waals surface area (Å²) in [6.45, 7) is 1.57. The first-order valence-corrected chi connectivity index (χ1v) is 10.5. The van der Waals surface area contributed by atoms with E-state index in [0.29, 0.717) is 23.2 Å². The van der Waals surface area contributed by atoms with E-state index in [0.717, 1.165) is 24.2 Å². The lowest BCUT2D eigenvalue weighted by molar-refractivity contribution is -0.136. The van der Waals surface area contributed by atoms with Gasteiger partial charge in [-0.1, -0.05) is 62.2 Å². The van der Waals surface area contributed by atoms with Gasteiger partial charge < -0.3 is 10.6 Å². The zero-order valence-corrected chi connectivity index (χ0v) is 17.4. The number of nitrogens with one attached hydrogen (secondary N) is 2. The first kappa shape index (κ1) is 20.8. The van der Waals surface area contributed by atoms with E-state index in [2.05, 4.69) is 10.6 Å². The number of carbonyl (C=O) groups excluding carboxylic acids is 4. The summed E-state index contributed by atoms with van der Waals surface area (Å²) in [6, 6.07) is 14.9. The minimum atomic E-state index is -0.906. The first-order valence-electron chi connectivity index (χ1n) is 10.5. The molecule has 2 atom stereocenters. The summed E-state index contributed by atoms with van der Waals surface area (Å²) in [4.78, 5) is 52.1.